The second kappa shape index (κ2) is 4.99. The van der Waals surface area contributed by atoms with Crippen LogP contribution in [0, 0.1) is 0 Å². The maximum absolute atomic E-state index is 5.46. The average Bonchev–Trinajstić information content (AvgIpc) is 2.94. The SMILES string of the molecule is CCNCc1occc1-c1cnn(CC)c1. The Labute approximate surface area is 95.3 Å². The minimum Gasteiger partial charge on any atom is -0.467 e. The predicted octanol–water partition coefficient (Wildman–Crippen LogP) is 2.27. The van der Waals surface area contributed by atoms with Crippen molar-refractivity contribution in [2.75, 3.05) is 6.54 Å². The molecule has 2 rings (SSSR count). The fourth-order valence-corrected chi connectivity index (χ4v) is 1.65. The summed E-state index contributed by atoms with van der Waals surface area (Å²) in [6, 6.07) is 1.99. The molecule has 0 saturated carbocycles. The van der Waals surface area contributed by atoms with Gasteiger partial charge < -0.3 is 9.73 Å². The number of rotatable bonds is 5. The molecule has 2 aromatic rings. The van der Waals surface area contributed by atoms with Gasteiger partial charge in [0.25, 0.3) is 0 Å². The summed E-state index contributed by atoms with van der Waals surface area (Å²) < 4.78 is 7.38. The molecule has 0 aliphatic carbocycles. The first-order chi connectivity index (χ1) is 7.85. The molecule has 1 N–H and O–H groups in total. The Hall–Kier alpha value is -1.55. The second-order valence-electron chi connectivity index (χ2n) is 3.62. The van der Waals surface area contributed by atoms with Crippen molar-refractivity contribution >= 4 is 0 Å². The molecule has 0 unspecified atom stereocenters. The van der Waals surface area contributed by atoms with Crippen molar-refractivity contribution < 1.29 is 4.42 Å². The molecule has 0 atom stereocenters. The third kappa shape index (κ3) is 2.17. The van der Waals surface area contributed by atoms with Crippen molar-refractivity contribution in [3.63, 3.8) is 0 Å². The summed E-state index contributed by atoms with van der Waals surface area (Å²) in [4.78, 5) is 0. The Bertz CT molecular complexity index is 445. The molecule has 0 spiro atoms. The molecular formula is C12H17N3O. The van der Waals surface area contributed by atoms with E-state index >= 15 is 0 Å². The van der Waals surface area contributed by atoms with Crippen LogP contribution in [-0.2, 0) is 13.1 Å². The van der Waals surface area contributed by atoms with E-state index in [9.17, 15) is 0 Å². The maximum Gasteiger partial charge on any atom is 0.125 e. The summed E-state index contributed by atoms with van der Waals surface area (Å²) >= 11 is 0. The molecule has 86 valence electrons. The van der Waals surface area contributed by atoms with Crippen LogP contribution in [0.5, 0.6) is 0 Å². The van der Waals surface area contributed by atoms with Gasteiger partial charge in [-0.3, -0.25) is 4.68 Å². The summed E-state index contributed by atoms with van der Waals surface area (Å²) in [5.41, 5.74) is 2.24. The highest BCUT2D eigenvalue weighted by Gasteiger charge is 2.09. The molecule has 4 heteroatoms. The molecule has 4 nitrogen and oxygen atoms in total. The number of aromatic nitrogens is 2. The van der Waals surface area contributed by atoms with Gasteiger partial charge in [-0.2, -0.15) is 5.10 Å². The van der Waals surface area contributed by atoms with E-state index in [-0.39, 0.29) is 0 Å². The summed E-state index contributed by atoms with van der Waals surface area (Å²) in [6.07, 6.45) is 5.65. The van der Waals surface area contributed by atoms with Gasteiger partial charge in [0.15, 0.2) is 0 Å². The Morgan fingerprint density at radius 3 is 3.00 bits per heavy atom. The van der Waals surface area contributed by atoms with Crippen LogP contribution in [0.4, 0.5) is 0 Å². The topological polar surface area (TPSA) is 43.0 Å². The molecule has 0 fully saturated rings. The Balaban J connectivity index is 2.22. The lowest BCUT2D eigenvalue weighted by atomic mass is 10.1. The van der Waals surface area contributed by atoms with E-state index in [1.54, 1.807) is 6.26 Å². The Kier molecular flexibility index (Phi) is 3.41. The molecule has 0 amide bonds. The van der Waals surface area contributed by atoms with E-state index in [2.05, 4.69) is 24.3 Å². The molecule has 0 bridgehead atoms. The number of furan rings is 1. The van der Waals surface area contributed by atoms with E-state index < -0.39 is 0 Å². The highest BCUT2D eigenvalue weighted by atomic mass is 16.3. The van der Waals surface area contributed by atoms with Gasteiger partial charge in [-0.05, 0) is 19.5 Å². The second-order valence-corrected chi connectivity index (χ2v) is 3.62. The number of aryl methyl sites for hydroxylation is 1. The zero-order chi connectivity index (χ0) is 11.4. The van der Waals surface area contributed by atoms with Crippen LogP contribution in [0.1, 0.15) is 19.6 Å². The van der Waals surface area contributed by atoms with Crippen LogP contribution >= 0.6 is 0 Å². The molecule has 2 heterocycles. The van der Waals surface area contributed by atoms with Gasteiger partial charge in [0.2, 0.25) is 0 Å². The van der Waals surface area contributed by atoms with E-state index in [0.29, 0.717) is 0 Å². The average molecular weight is 219 g/mol. The molecule has 16 heavy (non-hydrogen) atoms. The standard InChI is InChI=1S/C12H17N3O/c1-3-13-8-12-11(5-6-16-12)10-7-14-15(4-2)9-10/h5-7,9,13H,3-4,8H2,1-2H3. The predicted molar refractivity (Wildman–Crippen MR) is 63.0 cm³/mol. The van der Waals surface area contributed by atoms with Crippen LogP contribution in [-0.4, -0.2) is 16.3 Å². The molecular weight excluding hydrogens is 202 g/mol. The normalized spacial score (nSPS) is 10.9. The van der Waals surface area contributed by atoms with Gasteiger partial charge in [-0.25, -0.2) is 0 Å². The third-order valence-corrected chi connectivity index (χ3v) is 2.55. The first-order valence-electron chi connectivity index (χ1n) is 5.65. The zero-order valence-electron chi connectivity index (χ0n) is 9.73. The molecule has 0 radical (unpaired) electrons. The van der Waals surface area contributed by atoms with Crippen LogP contribution in [0.15, 0.2) is 29.1 Å². The van der Waals surface area contributed by atoms with Crippen molar-refractivity contribution in [2.24, 2.45) is 0 Å². The summed E-state index contributed by atoms with van der Waals surface area (Å²) in [7, 11) is 0. The summed E-state index contributed by atoms with van der Waals surface area (Å²) in [6.45, 7) is 6.74. The number of nitrogens with one attached hydrogen (secondary N) is 1. The van der Waals surface area contributed by atoms with E-state index in [0.717, 1.165) is 36.5 Å². The summed E-state index contributed by atoms with van der Waals surface area (Å²) in [5.74, 6) is 0.970. The summed E-state index contributed by atoms with van der Waals surface area (Å²) in [5, 5.41) is 7.53. The molecule has 0 aromatic carbocycles. The van der Waals surface area contributed by atoms with Gasteiger partial charge in [0.1, 0.15) is 5.76 Å². The van der Waals surface area contributed by atoms with Crippen LogP contribution < -0.4 is 5.32 Å². The number of hydrogen-bond acceptors (Lipinski definition) is 3. The first-order valence-corrected chi connectivity index (χ1v) is 5.65. The quantitative estimate of drug-likeness (QED) is 0.838. The van der Waals surface area contributed by atoms with Crippen molar-refractivity contribution in [3.05, 3.63) is 30.5 Å². The highest BCUT2D eigenvalue weighted by Crippen LogP contribution is 2.24. The van der Waals surface area contributed by atoms with Crippen LogP contribution in [0.2, 0.25) is 0 Å². The highest BCUT2D eigenvalue weighted by molar-refractivity contribution is 5.63. The van der Waals surface area contributed by atoms with E-state index in [4.69, 9.17) is 4.42 Å². The third-order valence-electron chi connectivity index (χ3n) is 2.55. The molecule has 0 aliphatic heterocycles. The molecule has 0 aliphatic rings. The number of nitrogens with zero attached hydrogens (tertiary/aromatic N) is 2. The maximum atomic E-state index is 5.46. The smallest absolute Gasteiger partial charge is 0.125 e. The Morgan fingerprint density at radius 1 is 1.44 bits per heavy atom. The monoisotopic (exact) mass is 219 g/mol. The van der Waals surface area contributed by atoms with Gasteiger partial charge in [0.05, 0.1) is 19.0 Å². The van der Waals surface area contributed by atoms with Crippen LogP contribution in [0.25, 0.3) is 11.1 Å². The Morgan fingerprint density at radius 2 is 2.31 bits per heavy atom. The number of hydrogen-bond donors (Lipinski definition) is 1. The van der Waals surface area contributed by atoms with Gasteiger partial charge >= 0.3 is 0 Å². The van der Waals surface area contributed by atoms with Crippen LogP contribution in [0.3, 0.4) is 0 Å². The molecule has 2 aromatic heterocycles. The lowest BCUT2D eigenvalue weighted by Crippen LogP contribution is -2.11. The van der Waals surface area contributed by atoms with Gasteiger partial charge in [-0.1, -0.05) is 6.92 Å². The largest absolute Gasteiger partial charge is 0.467 e. The zero-order valence-corrected chi connectivity index (χ0v) is 9.73. The molecule has 0 saturated heterocycles. The van der Waals surface area contributed by atoms with Crippen molar-refractivity contribution in [3.8, 4) is 11.1 Å². The van der Waals surface area contributed by atoms with Crippen molar-refractivity contribution in [1.82, 2.24) is 15.1 Å². The minimum atomic E-state index is 0.760. The van der Waals surface area contributed by atoms with Gasteiger partial charge in [0, 0.05) is 23.9 Å². The lowest BCUT2D eigenvalue weighted by molar-refractivity contribution is 0.489. The van der Waals surface area contributed by atoms with Gasteiger partial charge in [-0.15, -0.1) is 0 Å². The van der Waals surface area contributed by atoms with E-state index in [1.807, 2.05) is 23.1 Å². The first kappa shape index (κ1) is 11.0. The van der Waals surface area contributed by atoms with Crippen molar-refractivity contribution in [1.29, 1.82) is 0 Å². The fourth-order valence-electron chi connectivity index (χ4n) is 1.65. The van der Waals surface area contributed by atoms with Crippen molar-refractivity contribution in [2.45, 2.75) is 26.9 Å². The fraction of sp³-hybridized carbons (Fsp3) is 0.417. The van der Waals surface area contributed by atoms with E-state index in [1.165, 1.54) is 0 Å². The minimum absolute atomic E-state index is 0.760. The lowest BCUT2D eigenvalue weighted by Gasteiger charge is -2.00.